The van der Waals surface area contributed by atoms with E-state index in [1.165, 1.54) is 11.9 Å². The Bertz CT molecular complexity index is 1430. The molecule has 2 aliphatic heterocycles. The molecule has 1 saturated heterocycles. The third-order valence-corrected chi connectivity index (χ3v) is 10.3. The molecule has 4 rings (SSSR count). The summed E-state index contributed by atoms with van der Waals surface area (Å²) in [6.07, 6.45) is 0.00497. The van der Waals surface area contributed by atoms with Crippen molar-refractivity contribution in [2.24, 2.45) is 18.4 Å². The average Bonchev–Trinajstić information content (AvgIpc) is 3.54. The van der Waals surface area contributed by atoms with Crippen LogP contribution in [0.15, 0.2) is 35.5 Å². The Kier molecular flexibility index (Phi) is 9.18. The number of hydrogen-bond acceptors (Lipinski definition) is 8. The maximum atomic E-state index is 13.7. The largest absolute Gasteiger partial charge is 0.396 e. The maximum Gasteiger partial charge on any atom is 0.396 e. The van der Waals surface area contributed by atoms with Gasteiger partial charge in [0.15, 0.2) is 0 Å². The van der Waals surface area contributed by atoms with Gasteiger partial charge in [0, 0.05) is 31.5 Å². The lowest BCUT2D eigenvalue weighted by atomic mass is 9.28. The highest BCUT2D eigenvalue weighted by molar-refractivity contribution is 7.98. The van der Waals surface area contributed by atoms with Crippen LogP contribution in [0.5, 0.6) is 0 Å². The zero-order valence-corrected chi connectivity index (χ0v) is 28.4. The number of nitrogens with one attached hydrogen (secondary N) is 2. The summed E-state index contributed by atoms with van der Waals surface area (Å²) < 4.78 is 50.3. The number of ether oxygens (including phenoxy) is 1. The molecule has 0 bridgehead atoms. The number of carbonyl (C=O) groups is 1. The molecule has 18 heteroatoms. The van der Waals surface area contributed by atoms with Gasteiger partial charge in [-0.15, -0.1) is 5.11 Å². The van der Waals surface area contributed by atoms with Gasteiger partial charge in [-0.1, -0.05) is 5.21 Å². The minimum Gasteiger partial charge on any atom is -0.357 e. The number of halogens is 3. The summed E-state index contributed by atoms with van der Waals surface area (Å²) in [5.41, 5.74) is 1.92. The van der Waals surface area contributed by atoms with Gasteiger partial charge in [0.25, 0.3) is 5.91 Å². The van der Waals surface area contributed by atoms with E-state index in [-0.39, 0.29) is 21.8 Å². The van der Waals surface area contributed by atoms with Crippen LogP contribution < -0.4 is 20.1 Å². The molecule has 2 aromatic rings. The number of alkyl halides is 3. The van der Waals surface area contributed by atoms with Gasteiger partial charge in [0.05, 0.1) is 51.7 Å². The molecule has 1 amide bonds. The molecule has 2 atom stereocenters. The monoisotopic (exact) mass is 627 g/mol. The van der Waals surface area contributed by atoms with Crippen LogP contribution in [0.1, 0.15) is 43.7 Å². The summed E-state index contributed by atoms with van der Waals surface area (Å²) in [5, 5.41) is 5.83. The maximum absolute atomic E-state index is 13.7. The fraction of sp³-hybridized carbons (Fsp3) is 0.577. The Labute approximate surface area is 267 Å². The predicted octanol–water partition coefficient (Wildman–Crippen LogP) is -0.0997. The molecule has 2 unspecified atom stereocenters. The first kappa shape index (κ1) is 34.4. The Balaban J connectivity index is 1.65. The third kappa shape index (κ3) is 6.58. The van der Waals surface area contributed by atoms with Crippen molar-refractivity contribution in [3.05, 3.63) is 41.9 Å². The van der Waals surface area contributed by atoms with Gasteiger partial charge in [0.1, 0.15) is 33.6 Å². The van der Waals surface area contributed by atoms with Gasteiger partial charge < -0.3 is 9.64 Å². The average molecular weight is 627 g/mol. The van der Waals surface area contributed by atoms with Gasteiger partial charge in [0.2, 0.25) is 0 Å². The van der Waals surface area contributed by atoms with Gasteiger partial charge in [-0.05, 0) is 70.7 Å². The van der Waals surface area contributed by atoms with E-state index in [2.05, 4.69) is 73.2 Å². The van der Waals surface area contributed by atoms with Crippen molar-refractivity contribution in [2.45, 2.75) is 67.8 Å². The van der Waals surface area contributed by atoms with Gasteiger partial charge >= 0.3 is 6.18 Å². The van der Waals surface area contributed by atoms with Crippen LogP contribution in [0, 0.1) is 18.3 Å². The molecule has 9 nitrogen and oxygen atoms in total. The highest BCUT2D eigenvalue weighted by atomic mass is 32.2. The lowest BCUT2D eigenvalue weighted by Crippen LogP contribution is -2.49. The van der Waals surface area contributed by atoms with E-state index in [1.54, 1.807) is 34.1 Å². The first-order valence-corrected chi connectivity index (χ1v) is 15.6. The highest BCUT2D eigenvalue weighted by Crippen LogP contribution is 2.57. The number of amides is 1. The normalized spacial score (nSPS) is 21.7. The van der Waals surface area contributed by atoms with Crippen LogP contribution in [-0.4, -0.2) is 91.0 Å². The number of nitrogens with zero attached hydrogens (tertiary/aromatic N) is 5. The van der Waals surface area contributed by atoms with Gasteiger partial charge in [-0.25, -0.2) is 4.98 Å². The van der Waals surface area contributed by atoms with Crippen LogP contribution >= 0.6 is 11.9 Å². The van der Waals surface area contributed by atoms with Crippen LogP contribution in [0.4, 0.5) is 24.8 Å². The SMILES string of the molecule is BC(B)(B)C1CN(c2nc(N3C=CC(OCC(C)(C)C(F)(F)F)N3)ccc2C(=O)NSc2cn(C)nc2C)C(C)(C)C1(B)B. The van der Waals surface area contributed by atoms with E-state index >= 15 is 0 Å². The summed E-state index contributed by atoms with van der Waals surface area (Å²) in [4.78, 5) is 21.8. The van der Waals surface area contributed by atoms with Gasteiger partial charge in [-0.2, -0.15) is 23.7 Å². The molecule has 2 N–H and O–H groups in total. The number of aryl methyl sites for hydroxylation is 2. The van der Waals surface area contributed by atoms with E-state index in [9.17, 15) is 18.0 Å². The summed E-state index contributed by atoms with van der Waals surface area (Å²) >= 11 is 1.21. The zero-order chi connectivity index (χ0) is 33.0. The van der Waals surface area contributed by atoms with Crippen molar-refractivity contribution < 1.29 is 22.7 Å². The van der Waals surface area contributed by atoms with E-state index in [1.807, 2.05) is 20.2 Å². The fourth-order valence-electron chi connectivity index (χ4n) is 5.91. The molecule has 0 spiro atoms. The standard InChI is InChI=1S/C26H41B5F3N7O2S/c1-14-16(11-39(6)36-14)44-38-21(42)15-7-8-18(41-10-9-19(37-41)43-13-22(2,3)26(32,33)34)35-20(15)40-12-17(25(29,30)31)24(27,28)23(40,4)5/h7-11,17,19,37H,12-13,27-31H2,1-6H3,(H,38,42). The second-order valence-corrected chi connectivity index (χ2v) is 15.4. The lowest BCUT2D eigenvalue weighted by molar-refractivity contribution is -0.230. The summed E-state index contributed by atoms with van der Waals surface area (Å²) in [6, 6.07) is 3.46. The highest BCUT2D eigenvalue weighted by Gasteiger charge is 2.56. The molecular formula is C26H41B5F3N7O2S. The molecule has 0 saturated carbocycles. The molecule has 4 heterocycles. The fourth-order valence-corrected chi connectivity index (χ4v) is 6.62. The Morgan fingerprint density at radius 1 is 1.23 bits per heavy atom. The first-order chi connectivity index (χ1) is 20.1. The number of aromatic nitrogens is 3. The molecule has 2 aromatic heterocycles. The second-order valence-electron chi connectivity index (χ2n) is 14.6. The van der Waals surface area contributed by atoms with Crippen molar-refractivity contribution >= 4 is 68.7 Å². The summed E-state index contributed by atoms with van der Waals surface area (Å²) in [5.74, 6) is 1.02. The molecule has 0 aromatic carbocycles. The minimum atomic E-state index is -4.39. The number of carbonyl (C=O) groups excluding carboxylic acids is 1. The number of hydrazine groups is 1. The van der Waals surface area contributed by atoms with Crippen LogP contribution in [0.2, 0.25) is 10.3 Å². The predicted molar refractivity (Wildman–Crippen MR) is 183 cm³/mol. The first-order valence-electron chi connectivity index (χ1n) is 14.7. The quantitative estimate of drug-likeness (QED) is 0.295. The topological polar surface area (TPSA) is 87.5 Å². The number of hydrogen-bond donors (Lipinski definition) is 2. The minimum absolute atomic E-state index is 0.00274. The van der Waals surface area contributed by atoms with E-state index in [0.29, 0.717) is 29.7 Å². The molecule has 0 aliphatic carbocycles. The Morgan fingerprint density at radius 3 is 2.43 bits per heavy atom. The molecule has 0 radical (unpaired) electrons. The Morgan fingerprint density at radius 2 is 1.89 bits per heavy atom. The smallest absolute Gasteiger partial charge is 0.357 e. The Hall–Kier alpha value is -2.45. The number of anilines is 2. The van der Waals surface area contributed by atoms with E-state index in [4.69, 9.17) is 9.72 Å². The summed E-state index contributed by atoms with van der Waals surface area (Å²) in [7, 11) is 13.1. The number of pyridine rings is 1. The molecule has 44 heavy (non-hydrogen) atoms. The van der Waals surface area contributed by atoms with Crippen molar-refractivity contribution in [1.82, 2.24) is 24.9 Å². The van der Waals surface area contributed by atoms with Crippen LogP contribution in [-0.2, 0) is 11.8 Å². The van der Waals surface area contributed by atoms with Crippen molar-refractivity contribution in [2.75, 3.05) is 23.1 Å². The van der Waals surface area contributed by atoms with Crippen molar-refractivity contribution in [1.29, 1.82) is 0 Å². The van der Waals surface area contributed by atoms with Crippen LogP contribution in [0.25, 0.3) is 0 Å². The molecular weight excluding hydrogens is 585 g/mol. The lowest BCUT2D eigenvalue weighted by Gasteiger charge is -2.46. The van der Waals surface area contributed by atoms with Crippen LogP contribution in [0.3, 0.4) is 0 Å². The second kappa shape index (κ2) is 11.7. The summed E-state index contributed by atoms with van der Waals surface area (Å²) in [6.45, 7) is 8.65. The molecule has 234 valence electrons. The molecule has 1 fully saturated rings. The van der Waals surface area contributed by atoms with Gasteiger partial charge in [-0.3, -0.25) is 19.2 Å². The van der Waals surface area contributed by atoms with Crippen molar-refractivity contribution in [3.63, 3.8) is 0 Å². The number of rotatable bonds is 9. The van der Waals surface area contributed by atoms with E-state index < -0.39 is 24.4 Å². The van der Waals surface area contributed by atoms with Crippen molar-refractivity contribution in [3.8, 4) is 0 Å². The zero-order valence-electron chi connectivity index (χ0n) is 27.6. The third-order valence-electron chi connectivity index (χ3n) is 9.43. The van der Waals surface area contributed by atoms with E-state index in [0.717, 1.165) is 24.4 Å². The molecule has 2 aliphatic rings.